The molecule has 2 aromatic heterocycles. The number of hydrogen-bond acceptors (Lipinski definition) is 3. The first kappa shape index (κ1) is 20.1. The van der Waals surface area contributed by atoms with Crippen molar-refractivity contribution < 1.29 is 9.59 Å². The van der Waals surface area contributed by atoms with Gasteiger partial charge in [0.05, 0.1) is 0 Å². The molecule has 1 N–H and O–H groups in total. The van der Waals surface area contributed by atoms with E-state index in [1.807, 2.05) is 24.3 Å². The number of halogens is 1. The molecule has 0 aliphatic carbocycles. The van der Waals surface area contributed by atoms with Crippen molar-refractivity contribution in [3.05, 3.63) is 70.6 Å². The number of nitrogens with zero attached hydrogens (tertiary/aromatic N) is 2. The Labute approximate surface area is 169 Å². The smallest absolute Gasteiger partial charge is 0.268 e. The Kier molecular flexibility index (Phi) is 6.15. The molecule has 0 saturated carbocycles. The zero-order valence-corrected chi connectivity index (χ0v) is 17.0. The summed E-state index contributed by atoms with van der Waals surface area (Å²) in [5.41, 5.74) is 2.53. The highest BCUT2D eigenvalue weighted by atomic mass is 35.5. The second kappa shape index (κ2) is 8.57. The lowest BCUT2D eigenvalue weighted by Crippen LogP contribution is -2.30. The van der Waals surface area contributed by atoms with Gasteiger partial charge in [0.25, 0.3) is 5.91 Å². The van der Waals surface area contributed by atoms with Gasteiger partial charge in [0.15, 0.2) is 5.78 Å². The van der Waals surface area contributed by atoms with Crippen LogP contribution in [0.1, 0.15) is 59.7 Å². The summed E-state index contributed by atoms with van der Waals surface area (Å²) in [6, 6.07) is 13.1. The van der Waals surface area contributed by atoms with Crippen LogP contribution in [0.5, 0.6) is 0 Å². The number of aromatic nitrogens is 2. The third kappa shape index (κ3) is 4.60. The van der Waals surface area contributed by atoms with E-state index in [0.29, 0.717) is 34.5 Å². The second-order valence-corrected chi connectivity index (χ2v) is 7.85. The first-order valence-corrected chi connectivity index (χ1v) is 9.75. The average molecular weight is 398 g/mol. The summed E-state index contributed by atoms with van der Waals surface area (Å²) in [7, 11) is 0. The summed E-state index contributed by atoms with van der Waals surface area (Å²) in [5, 5.41) is 3.74. The molecule has 1 amide bonds. The van der Waals surface area contributed by atoms with Crippen LogP contribution in [0.15, 0.2) is 48.7 Å². The van der Waals surface area contributed by atoms with Gasteiger partial charge in [0.2, 0.25) is 0 Å². The van der Waals surface area contributed by atoms with Gasteiger partial charge in [-0.1, -0.05) is 43.6 Å². The molecule has 146 valence electrons. The van der Waals surface area contributed by atoms with Gasteiger partial charge in [-0.2, -0.15) is 0 Å². The van der Waals surface area contributed by atoms with Gasteiger partial charge in [-0.05, 0) is 42.2 Å². The number of imidazole rings is 1. The number of nitrogens with one attached hydrogen (secondary N) is 1. The quantitative estimate of drug-likeness (QED) is 0.585. The van der Waals surface area contributed by atoms with E-state index in [4.69, 9.17) is 11.6 Å². The topological polar surface area (TPSA) is 63.5 Å². The van der Waals surface area contributed by atoms with Crippen molar-refractivity contribution in [2.45, 2.75) is 33.1 Å². The Hall–Kier alpha value is -2.66. The Morgan fingerprint density at radius 1 is 1.14 bits per heavy atom. The molecule has 1 unspecified atom stereocenters. The van der Waals surface area contributed by atoms with E-state index in [2.05, 4.69) is 24.1 Å². The zero-order valence-electron chi connectivity index (χ0n) is 16.3. The van der Waals surface area contributed by atoms with Gasteiger partial charge in [0.1, 0.15) is 17.0 Å². The second-order valence-electron chi connectivity index (χ2n) is 7.41. The first-order valence-electron chi connectivity index (χ1n) is 9.38. The van der Waals surface area contributed by atoms with Crippen LogP contribution in [0.3, 0.4) is 0 Å². The van der Waals surface area contributed by atoms with E-state index in [0.717, 1.165) is 12.0 Å². The molecular weight excluding hydrogens is 374 g/mol. The molecule has 2 heterocycles. The number of fused-ring (bicyclic) bond motifs is 1. The number of carbonyl (C=O) groups is 2. The summed E-state index contributed by atoms with van der Waals surface area (Å²) < 4.78 is 1.66. The summed E-state index contributed by atoms with van der Waals surface area (Å²) in [5.74, 6) is 0.361. The predicted octanol–water partition coefficient (Wildman–Crippen LogP) is 4.75. The van der Waals surface area contributed by atoms with E-state index in [9.17, 15) is 9.59 Å². The molecule has 0 saturated heterocycles. The van der Waals surface area contributed by atoms with Gasteiger partial charge in [-0.3, -0.25) is 14.0 Å². The maximum absolute atomic E-state index is 12.8. The van der Waals surface area contributed by atoms with Gasteiger partial charge in [-0.15, -0.1) is 0 Å². The SMILES string of the molecule is CC(=O)c1cn2c(C(=O)NCC(CC(C)C)c3ccc(Cl)cc3)cccc2n1. The molecule has 0 radical (unpaired) electrons. The van der Waals surface area contributed by atoms with E-state index < -0.39 is 0 Å². The number of hydrogen-bond donors (Lipinski definition) is 1. The minimum atomic E-state index is -0.194. The standard InChI is InChI=1S/C22H24ClN3O2/c1-14(2)11-17(16-7-9-18(23)10-8-16)12-24-22(28)20-5-4-6-21-25-19(15(3)27)13-26(20)21/h4-10,13-14,17H,11-12H2,1-3H3,(H,24,28). The van der Waals surface area contributed by atoms with E-state index in [-0.39, 0.29) is 17.6 Å². The summed E-state index contributed by atoms with van der Waals surface area (Å²) in [6.07, 6.45) is 2.56. The van der Waals surface area contributed by atoms with Crippen LogP contribution in [-0.2, 0) is 0 Å². The minimum absolute atomic E-state index is 0.130. The number of ketones is 1. The predicted molar refractivity (Wildman–Crippen MR) is 111 cm³/mol. The maximum Gasteiger partial charge on any atom is 0.268 e. The molecule has 5 nitrogen and oxygen atoms in total. The number of carbonyl (C=O) groups excluding carboxylic acids is 2. The number of pyridine rings is 1. The Morgan fingerprint density at radius 2 is 1.86 bits per heavy atom. The van der Waals surface area contributed by atoms with Crippen LogP contribution in [0.2, 0.25) is 5.02 Å². The van der Waals surface area contributed by atoms with Crippen molar-refractivity contribution in [3.8, 4) is 0 Å². The fourth-order valence-electron chi connectivity index (χ4n) is 3.31. The third-order valence-electron chi connectivity index (χ3n) is 4.69. The molecule has 6 heteroatoms. The molecule has 0 aliphatic rings. The van der Waals surface area contributed by atoms with Crippen LogP contribution in [0.4, 0.5) is 0 Å². The average Bonchev–Trinajstić information content (AvgIpc) is 3.10. The van der Waals surface area contributed by atoms with Crippen molar-refractivity contribution in [2.24, 2.45) is 5.92 Å². The van der Waals surface area contributed by atoms with Gasteiger partial charge in [-0.25, -0.2) is 4.98 Å². The van der Waals surface area contributed by atoms with Gasteiger partial charge < -0.3 is 5.32 Å². The van der Waals surface area contributed by atoms with Crippen molar-refractivity contribution in [1.29, 1.82) is 0 Å². The van der Waals surface area contributed by atoms with Crippen molar-refractivity contribution in [1.82, 2.24) is 14.7 Å². The fourth-order valence-corrected chi connectivity index (χ4v) is 3.44. The third-order valence-corrected chi connectivity index (χ3v) is 4.94. The molecule has 1 atom stereocenters. The van der Waals surface area contributed by atoms with Crippen LogP contribution in [0.25, 0.3) is 5.65 Å². The Morgan fingerprint density at radius 3 is 2.50 bits per heavy atom. The Bertz CT molecular complexity index is 993. The lowest BCUT2D eigenvalue weighted by molar-refractivity contribution is 0.0942. The summed E-state index contributed by atoms with van der Waals surface area (Å²) >= 11 is 6.01. The highest BCUT2D eigenvalue weighted by molar-refractivity contribution is 6.30. The number of Topliss-reactive ketones (excluding diaryl/α,β-unsaturated/α-hetero) is 1. The van der Waals surface area contributed by atoms with Gasteiger partial charge >= 0.3 is 0 Å². The van der Waals surface area contributed by atoms with Crippen molar-refractivity contribution in [3.63, 3.8) is 0 Å². The largest absolute Gasteiger partial charge is 0.350 e. The molecular formula is C22H24ClN3O2. The first-order chi connectivity index (χ1) is 13.3. The molecule has 3 aromatic rings. The van der Waals surface area contributed by atoms with Crippen LogP contribution in [-0.4, -0.2) is 27.6 Å². The number of rotatable bonds is 7. The Balaban J connectivity index is 1.80. The minimum Gasteiger partial charge on any atom is -0.350 e. The highest BCUT2D eigenvalue weighted by Gasteiger charge is 2.18. The normalized spacial score (nSPS) is 12.3. The monoisotopic (exact) mass is 397 g/mol. The summed E-state index contributed by atoms with van der Waals surface area (Å²) in [4.78, 5) is 28.7. The summed E-state index contributed by atoms with van der Waals surface area (Å²) in [6.45, 7) is 6.31. The molecule has 0 fully saturated rings. The lowest BCUT2D eigenvalue weighted by atomic mass is 9.90. The molecule has 0 bridgehead atoms. The zero-order chi connectivity index (χ0) is 20.3. The van der Waals surface area contributed by atoms with Gasteiger partial charge in [0, 0.05) is 30.6 Å². The highest BCUT2D eigenvalue weighted by Crippen LogP contribution is 2.25. The van der Waals surface area contributed by atoms with Crippen LogP contribution < -0.4 is 5.32 Å². The van der Waals surface area contributed by atoms with E-state index >= 15 is 0 Å². The molecule has 1 aromatic carbocycles. The van der Waals surface area contributed by atoms with Crippen molar-refractivity contribution >= 4 is 28.9 Å². The van der Waals surface area contributed by atoms with E-state index in [1.165, 1.54) is 6.92 Å². The number of benzene rings is 1. The van der Waals surface area contributed by atoms with Crippen LogP contribution >= 0.6 is 11.6 Å². The fraction of sp³-hybridized carbons (Fsp3) is 0.318. The van der Waals surface area contributed by atoms with Crippen LogP contribution in [0, 0.1) is 5.92 Å². The maximum atomic E-state index is 12.8. The molecule has 28 heavy (non-hydrogen) atoms. The molecule has 3 rings (SSSR count). The van der Waals surface area contributed by atoms with E-state index in [1.54, 1.807) is 28.8 Å². The lowest BCUT2D eigenvalue weighted by Gasteiger charge is -2.20. The number of amides is 1. The van der Waals surface area contributed by atoms with Crippen molar-refractivity contribution in [2.75, 3.05) is 6.54 Å². The molecule has 0 spiro atoms. The molecule has 0 aliphatic heterocycles.